The van der Waals surface area contributed by atoms with Gasteiger partial charge in [0, 0.05) is 5.39 Å². The molecule has 112 valence electrons. The molecule has 6 heteroatoms. The maximum Gasteiger partial charge on any atom is 0.347 e. The van der Waals surface area contributed by atoms with Gasteiger partial charge in [-0.05, 0) is 12.1 Å². The molecule has 0 atom stereocenters. The van der Waals surface area contributed by atoms with Crippen LogP contribution in [0.1, 0.15) is 10.4 Å². The molecule has 0 aliphatic heterocycles. The summed E-state index contributed by atoms with van der Waals surface area (Å²) in [4.78, 5) is 24.4. The molecule has 0 saturated carbocycles. The van der Waals surface area contributed by atoms with Crippen LogP contribution in [0.5, 0.6) is 5.75 Å². The Labute approximate surface area is 126 Å². The number of carbonyl (C=O) groups excluding carboxylic acids is 1. The van der Waals surface area contributed by atoms with E-state index in [1.165, 1.54) is 7.11 Å². The van der Waals surface area contributed by atoms with Crippen molar-refractivity contribution in [3.63, 3.8) is 0 Å². The van der Waals surface area contributed by atoms with Crippen molar-refractivity contribution in [2.24, 2.45) is 7.05 Å². The van der Waals surface area contributed by atoms with Crippen LogP contribution in [0.4, 0.5) is 0 Å². The van der Waals surface area contributed by atoms with Gasteiger partial charge >= 0.3 is 5.63 Å². The lowest BCUT2D eigenvalue weighted by molar-refractivity contribution is -0.671. The summed E-state index contributed by atoms with van der Waals surface area (Å²) in [5, 5.41) is 0.653. The van der Waals surface area contributed by atoms with Crippen LogP contribution >= 0.6 is 0 Å². The van der Waals surface area contributed by atoms with E-state index in [0.29, 0.717) is 16.7 Å². The second kappa shape index (κ2) is 5.48. The van der Waals surface area contributed by atoms with Crippen molar-refractivity contribution < 1.29 is 18.5 Å². The Bertz CT molecular complexity index is 908. The summed E-state index contributed by atoms with van der Waals surface area (Å²) in [6, 6.07) is 6.80. The number of aryl methyl sites for hydroxylation is 1. The Balaban J connectivity index is 2.02. The Morgan fingerprint density at radius 2 is 2.23 bits per heavy atom. The van der Waals surface area contributed by atoms with Gasteiger partial charge in [0.25, 0.3) is 0 Å². The van der Waals surface area contributed by atoms with E-state index < -0.39 is 5.63 Å². The lowest BCUT2D eigenvalue weighted by Gasteiger charge is -2.04. The predicted molar refractivity (Wildman–Crippen MR) is 79.0 cm³/mol. The van der Waals surface area contributed by atoms with Crippen LogP contribution in [0.25, 0.3) is 11.0 Å². The highest BCUT2D eigenvalue weighted by atomic mass is 16.5. The number of hydrogen-bond acceptors (Lipinski definition) is 4. The molecule has 0 radical (unpaired) electrons. The Morgan fingerprint density at radius 3 is 2.91 bits per heavy atom. The van der Waals surface area contributed by atoms with Gasteiger partial charge in [0.1, 0.15) is 18.0 Å². The van der Waals surface area contributed by atoms with Gasteiger partial charge in [0.05, 0.1) is 14.2 Å². The smallest absolute Gasteiger partial charge is 0.347 e. The van der Waals surface area contributed by atoms with Crippen molar-refractivity contribution in [2.75, 3.05) is 7.11 Å². The van der Waals surface area contributed by atoms with E-state index in [-0.39, 0.29) is 17.9 Å². The number of fused-ring (bicyclic) bond motifs is 1. The monoisotopic (exact) mass is 299 g/mol. The van der Waals surface area contributed by atoms with Gasteiger partial charge in [-0.3, -0.25) is 4.79 Å². The average Bonchev–Trinajstić information content (AvgIpc) is 2.91. The number of Topliss-reactive ketones (excluding diaryl/α,β-unsaturated/α-hetero) is 1. The molecule has 1 aromatic carbocycles. The first-order valence-corrected chi connectivity index (χ1v) is 6.73. The van der Waals surface area contributed by atoms with E-state index in [4.69, 9.17) is 9.15 Å². The summed E-state index contributed by atoms with van der Waals surface area (Å²) in [5.74, 6) is 0.167. The topological polar surface area (TPSA) is 65.3 Å². The van der Waals surface area contributed by atoms with E-state index in [9.17, 15) is 9.59 Å². The molecule has 0 amide bonds. The number of ketones is 1. The number of benzene rings is 1. The molecule has 3 rings (SSSR count). The number of imidazole rings is 1. The van der Waals surface area contributed by atoms with Crippen molar-refractivity contribution in [1.29, 1.82) is 0 Å². The normalized spacial score (nSPS) is 10.8. The summed E-state index contributed by atoms with van der Waals surface area (Å²) in [6.07, 6.45) is 5.36. The largest absolute Gasteiger partial charge is 0.493 e. The minimum atomic E-state index is -0.654. The number of carbonyl (C=O) groups is 1. The first-order valence-electron chi connectivity index (χ1n) is 6.73. The van der Waals surface area contributed by atoms with Crippen molar-refractivity contribution in [1.82, 2.24) is 4.57 Å². The summed E-state index contributed by atoms with van der Waals surface area (Å²) in [6.45, 7) is 0.0844. The first kappa shape index (κ1) is 14.1. The van der Waals surface area contributed by atoms with Crippen LogP contribution < -0.4 is 14.9 Å². The minimum absolute atomic E-state index is 0.0390. The lowest BCUT2D eigenvalue weighted by Crippen LogP contribution is -2.25. The summed E-state index contributed by atoms with van der Waals surface area (Å²) in [7, 11) is 3.36. The minimum Gasteiger partial charge on any atom is -0.493 e. The predicted octanol–water partition coefficient (Wildman–Crippen LogP) is 1.31. The van der Waals surface area contributed by atoms with E-state index in [1.54, 1.807) is 41.4 Å². The highest BCUT2D eigenvalue weighted by Crippen LogP contribution is 2.24. The third-order valence-corrected chi connectivity index (χ3v) is 3.39. The zero-order chi connectivity index (χ0) is 15.7. The van der Waals surface area contributed by atoms with Gasteiger partial charge in [-0.25, -0.2) is 13.9 Å². The molecular weight excluding hydrogens is 284 g/mol. The maximum absolute atomic E-state index is 12.3. The van der Waals surface area contributed by atoms with Gasteiger partial charge < -0.3 is 9.15 Å². The van der Waals surface area contributed by atoms with Crippen molar-refractivity contribution in [2.45, 2.75) is 6.54 Å². The van der Waals surface area contributed by atoms with Gasteiger partial charge in [-0.2, -0.15) is 0 Å². The molecule has 0 spiro atoms. The zero-order valence-electron chi connectivity index (χ0n) is 12.3. The maximum atomic E-state index is 12.3. The summed E-state index contributed by atoms with van der Waals surface area (Å²) >= 11 is 0. The highest BCUT2D eigenvalue weighted by Gasteiger charge is 2.17. The number of methoxy groups -OCH3 is 1. The van der Waals surface area contributed by atoms with Crippen molar-refractivity contribution >= 4 is 16.8 Å². The van der Waals surface area contributed by atoms with Gasteiger partial charge in [0.2, 0.25) is 12.1 Å². The lowest BCUT2D eigenvalue weighted by atomic mass is 10.1. The molecule has 22 heavy (non-hydrogen) atoms. The Kier molecular flexibility index (Phi) is 3.50. The van der Waals surface area contributed by atoms with Crippen LogP contribution in [-0.4, -0.2) is 17.5 Å². The molecule has 6 nitrogen and oxygen atoms in total. The van der Waals surface area contributed by atoms with Gasteiger partial charge in [0.15, 0.2) is 17.9 Å². The number of ether oxygens (including phenoxy) is 1. The first-order chi connectivity index (χ1) is 10.6. The highest BCUT2D eigenvalue weighted by molar-refractivity contribution is 5.98. The number of aromatic nitrogens is 2. The fourth-order valence-corrected chi connectivity index (χ4v) is 2.32. The molecule has 0 bridgehead atoms. The van der Waals surface area contributed by atoms with E-state index in [2.05, 4.69) is 0 Å². The van der Waals surface area contributed by atoms with Crippen LogP contribution in [0.2, 0.25) is 0 Å². The van der Waals surface area contributed by atoms with Crippen molar-refractivity contribution in [3.05, 3.63) is 59.0 Å². The van der Waals surface area contributed by atoms with Gasteiger partial charge in [-0.1, -0.05) is 12.1 Å². The van der Waals surface area contributed by atoms with Crippen LogP contribution in [0, 0.1) is 0 Å². The summed E-state index contributed by atoms with van der Waals surface area (Å²) < 4.78 is 13.9. The van der Waals surface area contributed by atoms with Gasteiger partial charge in [-0.15, -0.1) is 0 Å². The Hall–Kier alpha value is -2.89. The fourth-order valence-electron chi connectivity index (χ4n) is 2.32. The molecule has 2 aromatic heterocycles. The Morgan fingerprint density at radius 1 is 1.41 bits per heavy atom. The summed E-state index contributed by atoms with van der Waals surface area (Å²) in [5.41, 5.74) is -0.269. The van der Waals surface area contributed by atoms with E-state index in [0.717, 1.165) is 0 Å². The molecule has 0 unspecified atom stereocenters. The molecular formula is C16H15N2O4+. The molecule has 3 aromatic rings. The number of para-hydroxylation sites is 1. The standard InChI is InChI=1S/C16H15N2O4/c1-17-6-7-18(10-17)9-13(19)12-8-11-4-3-5-14(21-2)15(11)22-16(12)20/h3-8,10H,9H2,1-2H3/q+1. The quantitative estimate of drug-likeness (QED) is 0.414. The average molecular weight is 299 g/mol. The molecule has 2 heterocycles. The second-order valence-electron chi connectivity index (χ2n) is 5.00. The van der Waals surface area contributed by atoms with E-state index >= 15 is 0 Å². The molecule has 0 aliphatic carbocycles. The fraction of sp³-hybridized carbons (Fsp3) is 0.188. The number of hydrogen-bond donors (Lipinski definition) is 0. The van der Waals surface area contributed by atoms with Crippen molar-refractivity contribution in [3.8, 4) is 5.75 Å². The van der Waals surface area contributed by atoms with Crippen LogP contribution in [0.3, 0.4) is 0 Å². The number of nitrogens with zero attached hydrogens (tertiary/aromatic N) is 2. The van der Waals surface area contributed by atoms with E-state index in [1.807, 2.05) is 17.8 Å². The SMILES string of the molecule is COc1cccc2cc(C(=O)Cn3cc[n+](C)c3)c(=O)oc12. The molecule has 0 aliphatic rings. The zero-order valence-corrected chi connectivity index (χ0v) is 12.3. The third-order valence-electron chi connectivity index (χ3n) is 3.39. The number of rotatable bonds is 4. The molecule has 0 N–H and O–H groups in total. The van der Waals surface area contributed by atoms with Crippen LogP contribution in [-0.2, 0) is 13.6 Å². The van der Waals surface area contributed by atoms with Crippen LogP contribution in [0.15, 0.2) is 52.2 Å². The second-order valence-corrected chi connectivity index (χ2v) is 5.00. The molecule has 0 fully saturated rings. The molecule has 0 saturated heterocycles. The third kappa shape index (κ3) is 2.50.